The molecule has 24 heavy (non-hydrogen) atoms. The number of likely N-dealkylation sites (N-methyl/N-ethyl adjacent to an activating group) is 1. The Morgan fingerprint density at radius 3 is 2.29 bits per heavy atom. The lowest BCUT2D eigenvalue weighted by Gasteiger charge is -2.15. The molecule has 124 valence electrons. The van der Waals surface area contributed by atoms with Crippen molar-refractivity contribution in [3.05, 3.63) is 76.3 Å². The zero-order valence-electron chi connectivity index (χ0n) is 13.5. The Balaban J connectivity index is 1.96. The van der Waals surface area contributed by atoms with Crippen LogP contribution in [0.1, 0.15) is 21.5 Å². The summed E-state index contributed by atoms with van der Waals surface area (Å²) < 4.78 is 4.64. The van der Waals surface area contributed by atoms with Gasteiger partial charge in [-0.25, -0.2) is 4.79 Å². The average molecular weight is 344 g/mol. The number of ether oxygens (including phenoxy) is 1. The summed E-state index contributed by atoms with van der Waals surface area (Å²) in [5.74, 6) is -0.494. The number of halogens is 1. The van der Waals surface area contributed by atoms with Gasteiger partial charge in [-0.3, -0.25) is 4.79 Å². The molecule has 0 heterocycles. The lowest BCUT2D eigenvalue weighted by molar-refractivity contribution is -0.125. The van der Waals surface area contributed by atoms with Gasteiger partial charge in [0.25, 0.3) is 0 Å². The van der Waals surface area contributed by atoms with Crippen molar-refractivity contribution in [3.8, 4) is 0 Å². The molecule has 0 aliphatic heterocycles. The number of amides is 1. The first kappa shape index (κ1) is 17.8. The zero-order valence-corrected chi connectivity index (χ0v) is 14.3. The fourth-order valence-corrected chi connectivity index (χ4v) is 2.21. The van der Waals surface area contributed by atoms with Gasteiger partial charge in [-0.1, -0.05) is 35.9 Å². The van der Waals surface area contributed by atoms with Gasteiger partial charge in [0.15, 0.2) is 0 Å². The van der Waals surface area contributed by atoms with Gasteiger partial charge in [-0.2, -0.15) is 0 Å². The predicted octanol–water partition coefficient (Wildman–Crippen LogP) is 3.80. The number of benzene rings is 2. The summed E-state index contributed by atoms with van der Waals surface area (Å²) in [6.07, 6.45) is 3.21. The minimum atomic E-state index is -0.385. The van der Waals surface area contributed by atoms with Crippen LogP contribution in [0.2, 0.25) is 5.02 Å². The van der Waals surface area contributed by atoms with Crippen LogP contribution in [-0.2, 0) is 16.1 Å². The molecule has 0 saturated heterocycles. The van der Waals surface area contributed by atoms with Crippen LogP contribution in [0.5, 0.6) is 0 Å². The first-order chi connectivity index (χ1) is 11.5. The Kier molecular flexibility index (Phi) is 6.15. The first-order valence-corrected chi connectivity index (χ1v) is 7.73. The lowest BCUT2D eigenvalue weighted by Crippen LogP contribution is -2.24. The fourth-order valence-electron chi connectivity index (χ4n) is 2.08. The van der Waals surface area contributed by atoms with Crippen molar-refractivity contribution in [2.75, 3.05) is 14.2 Å². The van der Waals surface area contributed by atoms with Crippen molar-refractivity contribution in [2.24, 2.45) is 0 Å². The highest BCUT2D eigenvalue weighted by molar-refractivity contribution is 6.30. The molecule has 4 nitrogen and oxygen atoms in total. The molecule has 5 heteroatoms. The molecule has 2 aromatic carbocycles. The molecule has 0 saturated carbocycles. The monoisotopic (exact) mass is 343 g/mol. The van der Waals surface area contributed by atoms with Gasteiger partial charge >= 0.3 is 5.97 Å². The Hall–Kier alpha value is -2.59. The van der Waals surface area contributed by atoms with E-state index in [9.17, 15) is 9.59 Å². The summed E-state index contributed by atoms with van der Waals surface area (Å²) in [5, 5.41) is 0.669. The molecule has 0 bridgehead atoms. The number of rotatable bonds is 5. The average Bonchev–Trinajstić information content (AvgIpc) is 2.61. The Bertz CT molecular complexity index is 736. The lowest BCUT2D eigenvalue weighted by atomic mass is 10.1. The topological polar surface area (TPSA) is 46.6 Å². The van der Waals surface area contributed by atoms with Gasteiger partial charge in [0.1, 0.15) is 0 Å². The van der Waals surface area contributed by atoms with E-state index >= 15 is 0 Å². The SMILES string of the molecule is COC(=O)c1ccc(C=CC(=O)N(C)Cc2ccc(Cl)cc2)cc1. The van der Waals surface area contributed by atoms with E-state index in [1.807, 2.05) is 12.1 Å². The van der Waals surface area contributed by atoms with E-state index in [2.05, 4.69) is 4.74 Å². The molecule has 0 atom stereocenters. The van der Waals surface area contributed by atoms with Gasteiger partial charge in [-0.05, 0) is 41.5 Å². The first-order valence-electron chi connectivity index (χ1n) is 7.35. The third-order valence-electron chi connectivity index (χ3n) is 3.46. The second-order valence-corrected chi connectivity index (χ2v) is 5.70. The minimum Gasteiger partial charge on any atom is -0.465 e. The van der Waals surface area contributed by atoms with Crippen LogP contribution < -0.4 is 0 Å². The van der Waals surface area contributed by atoms with E-state index < -0.39 is 0 Å². The summed E-state index contributed by atoms with van der Waals surface area (Å²) in [4.78, 5) is 25.1. The van der Waals surface area contributed by atoms with Gasteiger partial charge in [0.2, 0.25) is 5.91 Å². The van der Waals surface area contributed by atoms with Crippen LogP contribution in [0, 0.1) is 0 Å². The maximum atomic E-state index is 12.1. The molecule has 0 aromatic heterocycles. The second kappa shape index (κ2) is 8.31. The zero-order chi connectivity index (χ0) is 17.5. The highest BCUT2D eigenvalue weighted by Gasteiger charge is 2.06. The molecule has 0 N–H and O–H groups in total. The normalized spacial score (nSPS) is 10.6. The van der Waals surface area contributed by atoms with E-state index in [1.165, 1.54) is 13.2 Å². The third-order valence-corrected chi connectivity index (χ3v) is 3.71. The maximum absolute atomic E-state index is 12.1. The summed E-state index contributed by atoms with van der Waals surface area (Å²) in [7, 11) is 3.08. The van der Waals surface area contributed by atoms with Crippen LogP contribution in [0.4, 0.5) is 0 Å². The van der Waals surface area contributed by atoms with Crippen LogP contribution >= 0.6 is 11.6 Å². The highest BCUT2D eigenvalue weighted by atomic mass is 35.5. The van der Waals surface area contributed by atoms with Crippen molar-refractivity contribution in [2.45, 2.75) is 6.54 Å². The molecule has 0 unspecified atom stereocenters. The molecular weight excluding hydrogens is 326 g/mol. The number of hydrogen-bond acceptors (Lipinski definition) is 3. The summed E-state index contributed by atoms with van der Waals surface area (Å²) in [6.45, 7) is 0.502. The smallest absolute Gasteiger partial charge is 0.337 e. The Morgan fingerprint density at radius 2 is 1.71 bits per heavy atom. The summed E-state index contributed by atoms with van der Waals surface area (Å²) in [6, 6.07) is 14.2. The number of carbonyl (C=O) groups is 2. The van der Waals surface area contributed by atoms with Crippen molar-refractivity contribution in [1.29, 1.82) is 0 Å². The number of nitrogens with zero attached hydrogens (tertiary/aromatic N) is 1. The van der Waals surface area contributed by atoms with Gasteiger partial charge in [-0.15, -0.1) is 0 Å². The molecule has 0 radical (unpaired) electrons. The Morgan fingerprint density at radius 1 is 1.08 bits per heavy atom. The quantitative estimate of drug-likeness (QED) is 0.613. The van der Waals surface area contributed by atoms with E-state index in [0.29, 0.717) is 17.1 Å². The van der Waals surface area contributed by atoms with Crippen molar-refractivity contribution >= 4 is 29.6 Å². The number of hydrogen-bond donors (Lipinski definition) is 0. The number of carbonyl (C=O) groups excluding carboxylic acids is 2. The van der Waals surface area contributed by atoms with Gasteiger partial charge < -0.3 is 9.64 Å². The molecular formula is C19H18ClNO3. The molecule has 0 aliphatic rings. The molecule has 2 aromatic rings. The number of methoxy groups -OCH3 is 1. The minimum absolute atomic E-state index is 0.109. The van der Waals surface area contributed by atoms with Crippen molar-refractivity contribution in [3.63, 3.8) is 0 Å². The molecule has 2 rings (SSSR count). The molecule has 0 fully saturated rings. The third kappa shape index (κ3) is 4.96. The molecule has 0 aliphatic carbocycles. The van der Waals surface area contributed by atoms with Crippen LogP contribution in [0.25, 0.3) is 6.08 Å². The molecule has 1 amide bonds. The highest BCUT2D eigenvalue weighted by Crippen LogP contribution is 2.12. The standard InChI is InChI=1S/C19H18ClNO3/c1-21(13-15-5-10-17(20)11-6-15)18(22)12-7-14-3-8-16(9-4-14)19(23)24-2/h3-12H,13H2,1-2H3. The summed E-state index contributed by atoms with van der Waals surface area (Å²) in [5.41, 5.74) is 2.31. The fraction of sp³-hybridized carbons (Fsp3) is 0.158. The van der Waals surface area contributed by atoms with E-state index in [0.717, 1.165) is 11.1 Å². The van der Waals surface area contributed by atoms with Crippen LogP contribution in [0.3, 0.4) is 0 Å². The van der Waals surface area contributed by atoms with Crippen LogP contribution in [0.15, 0.2) is 54.6 Å². The Labute approximate surface area is 146 Å². The van der Waals surface area contributed by atoms with E-state index in [-0.39, 0.29) is 11.9 Å². The maximum Gasteiger partial charge on any atom is 0.337 e. The molecule has 0 spiro atoms. The largest absolute Gasteiger partial charge is 0.465 e. The van der Waals surface area contributed by atoms with E-state index in [1.54, 1.807) is 54.4 Å². The summed E-state index contributed by atoms with van der Waals surface area (Å²) >= 11 is 5.85. The van der Waals surface area contributed by atoms with Crippen molar-refractivity contribution < 1.29 is 14.3 Å². The van der Waals surface area contributed by atoms with Gasteiger partial charge in [0.05, 0.1) is 12.7 Å². The van der Waals surface area contributed by atoms with Crippen molar-refractivity contribution in [1.82, 2.24) is 4.90 Å². The van der Waals surface area contributed by atoms with Gasteiger partial charge in [0, 0.05) is 24.7 Å². The van der Waals surface area contributed by atoms with E-state index in [4.69, 9.17) is 11.6 Å². The second-order valence-electron chi connectivity index (χ2n) is 5.27. The predicted molar refractivity (Wildman–Crippen MR) is 94.7 cm³/mol. The van der Waals surface area contributed by atoms with Crippen LogP contribution in [-0.4, -0.2) is 30.9 Å². The number of esters is 1.